The van der Waals surface area contributed by atoms with Crippen LogP contribution < -0.4 is 20.9 Å². The van der Waals surface area contributed by atoms with Gasteiger partial charge in [0.1, 0.15) is 0 Å². The van der Waals surface area contributed by atoms with Crippen LogP contribution in [0.2, 0.25) is 0 Å². The predicted molar refractivity (Wildman–Crippen MR) is 151 cm³/mol. The monoisotopic (exact) mass is 454 g/mol. The summed E-state index contributed by atoms with van der Waals surface area (Å²) in [5, 5.41) is 10.6. The molecule has 6 aromatic carbocycles. The maximum Gasteiger partial charge on any atom is -0.000116 e. The Hall–Kier alpha value is -4.68. The van der Waals surface area contributed by atoms with Crippen LogP contribution in [0, 0.1) is 0 Å². The highest BCUT2D eigenvalue weighted by Crippen LogP contribution is 2.39. The summed E-state index contributed by atoms with van der Waals surface area (Å²) in [5.74, 6) is 0. The van der Waals surface area contributed by atoms with E-state index in [0.717, 1.165) is 0 Å². The molecule has 0 amide bonds. The molecule has 6 aromatic rings. The molecular weight excluding hydrogens is 432 g/mol. The van der Waals surface area contributed by atoms with Crippen molar-refractivity contribution in [2.24, 2.45) is 0 Å². The normalized spacial score (nSPS) is 13.9. The van der Waals surface area contributed by atoms with E-state index in [4.69, 9.17) is 0 Å². The van der Waals surface area contributed by atoms with Gasteiger partial charge in [-0.05, 0) is 75.8 Å². The molecule has 2 aliphatic rings. The maximum absolute atomic E-state index is 2.34. The second-order valence-corrected chi connectivity index (χ2v) is 9.65. The number of hydrogen-bond donors (Lipinski definition) is 0. The minimum absolute atomic E-state index is 1.27. The summed E-state index contributed by atoms with van der Waals surface area (Å²) in [6.45, 7) is 0. The Kier molecular flexibility index (Phi) is 4.03. The molecule has 0 N–H and O–H groups in total. The molecule has 0 spiro atoms. The maximum atomic E-state index is 2.34. The van der Waals surface area contributed by atoms with Crippen molar-refractivity contribution in [3.05, 3.63) is 165 Å². The first-order valence-electron chi connectivity index (χ1n) is 12.5. The third kappa shape index (κ3) is 2.59. The van der Waals surface area contributed by atoms with Crippen LogP contribution in [-0.4, -0.2) is 0 Å². The molecule has 0 unspecified atom stereocenters. The van der Waals surface area contributed by atoms with Gasteiger partial charge < -0.3 is 0 Å². The van der Waals surface area contributed by atoms with E-state index < -0.39 is 0 Å². The standard InChI is InChI=1S/C36H22/c1-3-13-25(14-4-1)31-29-21-19-23-11-7-9-17-27(23)33(29)36-32(26-15-5-2-6-16-26)30-22-20-24-12-8-10-18-28(24)34(30)35(31)36/h1-22H. The van der Waals surface area contributed by atoms with Crippen molar-refractivity contribution in [2.45, 2.75) is 0 Å². The Morgan fingerprint density at radius 1 is 0.278 bits per heavy atom. The van der Waals surface area contributed by atoms with E-state index >= 15 is 0 Å². The molecule has 8 rings (SSSR count). The second kappa shape index (κ2) is 7.41. The first-order chi connectivity index (χ1) is 17.9. The summed E-state index contributed by atoms with van der Waals surface area (Å²) in [4.78, 5) is 0. The van der Waals surface area contributed by atoms with Crippen LogP contribution in [-0.2, 0) is 0 Å². The van der Waals surface area contributed by atoms with Crippen molar-refractivity contribution in [3.8, 4) is 0 Å². The number of fused-ring (bicyclic) bond motifs is 7. The topological polar surface area (TPSA) is 0 Å². The Morgan fingerprint density at radius 3 is 1.11 bits per heavy atom. The molecule has 0 aliphatic heterocycles. The van der Waals surface area contributed by atoms with Crippen LogP contribution >= 0.6 is 0 Å². The average Bonchev–Trinajstić information content (AvgIpc) is 3.46. The molecule has 0 heterocycles. The van der Waals surface area contributed by atoms with Crippen molar-refractivity contribution >= 4 is 43.8 Å². The highest BCUT2D eigenvalue weighted by atomic mass is 14.3. The van der Waals surface area contributed by atoms with Gasteiger partial charge in [-0.1, -0.05) is 133 Å². The molecule has 0 radical (unpaired) electrons. The summed E-state index contributed by atoms with van der Waals surface area (Å²) >= 11 is 0. The Balaban J connectivity index is 1.72. The molecule has 0 heteroatoms. The van der Waals surface area contributed by atoms with E-state index in [-0.39, 0.29) is 0 Å². The van der Waals surface area contributed by atoms with Gasteiger partial charge in [-0.15, -0.1) is 0 Å². The molecular formula is C36H22. The fourth-order valence-electron chi connectivity index (χ4n) is 6.33. The van der Waals surface area contributed by atoms with Crippen LogP contribution in [0.15, 0.2) is 133 Å². The van der Waals surface area contributed by atoms with E-state index in [2.05, 4.69) is 133 Å². The molecule has 2 aliphatic carbocycles. The van der Waals surface area contributed by atoms with Crippen LogP contribution in [0.3, 0.4) is 0 Å². The highest BCUT2D eigenvalue weighted by molar-refractivity contribution is 6.33. The van der Waals surface area contributed by atoms with Gasteiger partial charge in [0.15, 0.2) is 0 Å². The summed E-state index contributed by atoms with van der Waals surface area (Å²) in [6.07, 6.45) is 0. The molecule has 166 valence electrons. The lowest BCUT2D eigenvalue weighted by atomic mass is 9.91. The largest absolute Gasteiger partial charge is 0.0622 e. The minimum Gasteiger partial charge on any atom is -0.0622 e. The lowest BCUT2D eigenvalue weighted by Crippen LogP contribution is -2.29. The van der Waals surface area contributed by atoms with Gasteiger partial charge in [0.2, 0.25) is 0 Å². The third-order valence-corrected chi connectivity index (χ3v) is 7.77. The predicted octanol–water partition coefficient (Wildman–Crippen LogP) is 5.42. The number of benzene rings is 6. The van der Waals surface area contributed by atoms with Crippen LogP contribution in [0.4, 0.5) is 0 Å². The van der Waals surface area contributed by atoms with Gasteiger partial charge in [0.25, 0.3) is 0 Å². The Morgan fingerprint density at radius 2 is 0.667 bits per heavy atom. The molecule has 0 bridgehead atoms. The van der Waals surface area contributed by atoms with Crippen LogP contribution in [0.1, 0.15) is 11.1 Å². The minimum atomic E-state index is 1.27. The lowest BCUT2D eigenvalue weighted by Gasteiger charge is -2.11. The quantitative estimate of drug-likeness (QED) is 0.328. The average molecular weight is 455 g/mol. The van der Waals surface area contributed by atoms with E-state index in [1.807, 2.05) is 0 Å². The summed E-state index contributed by atoms with van der Waals surface area (Å²) in [7, 11) is 0. The van der Waals surface area contributed by atoms with Crippen molar-refractivity contribution in [1.82, 2.24) is 0 Å². The zero-order valence-corrected chi connectivity index (χ0v) is 19.7. The SMILES string of the molecule is c1ccc(C2=c3ccc4ccccc4c3=C3C(c4ccccc4)=c4ccc5ccccc5c4=C23)cc1. The van der Waals surface area contributed by atoms with Crippen LogP contribution in [0.5, 0.6) is 0 Å². The second-order valence-electron chi connectivity index (χ2n) is 9.65. The Labute approximate surface area is 209 Å². The van der Waals surface area contributed by atoms with Crippen molar-refractivity contribution in [2.75, 3.05) is 0 Å². The molecule has 0 nitrogen and oxygen atoms in total. The fraction of sp³-hybridized carbons (Fsp3) is 0. The molecule has 36 heavy (non-hydrogen) atoms. The summed E-state index contributed by atoms with van der Waals surface area (Å²) < 4.78 is 0. The van der Waals surface area contributed by atoms with E-state index in [1.54, 1.807) is 0 Å². The van der Waals surface area contributed by atoms with Gasteiger partial charge in [0, 0.05) is 0 Å². The number of hydrogen-bond acceptors (Lipinski definition) is 0. The zero-order valence-electron chi connectivity index (χ0n) is 19.7. The van der Waals surface area contributed by atoms with E-state index in [1.165, 1.54) is 75.8 Å². The molecule has 0 aromatic heterocycles. The zero-order chi connectivity index (χ0) is 23.6. The van der Waals surface area contributed by atoms with Gasteiger partial charge in [0.05, 0.1) is 0 Å². The van der Waals surface area contributed by atoms with E-state index in [0.29, 0.717) is 0 Å². The van der Waals surface area contributed by atoms with E-state index in [9.17, 15) is 0 Å². The van der Waals surface area contributed by atoms with Gasteiger partial charge >= 0.3 is 0 Å². The Bertz CT molecular complexity index is 1960. The first-order valence-corrected chi connectivity index (χ1v) is 12.5. The number of rotatable bonds is 2. The summed E-state index contributed by atoms with van der Waals surface area (Å²) in [5.41, 5.74) is 7.97. The van der Waals surface area contributed by atoms with Crippen molar-refractivity contribution in [1.29, 1.82) is 0 Å². The first kappa shape index (κ1) is 19.6. The fourth-order valence-corrected chi connectivity index (χ4v) is 6.33. The van der Waals surface area contributed by atoms with Crippen LogP contribution in [0.25, 0.3) is 43.8 Å². The highest BCUT2D eigenvalue weighted by Gasteiger charge is 2.31. The lowest BCUT2D eigenvalue weighted by molar-refractivity contribution is 1.51. The summed E-state index contributed by atoms with van der Waals surface area (Å²) in [6, 6.07) is 48.8. The molecule has 0 atom stereocenters. The smallest absolute Gasteiger partial charge is 0.000116 e. The molecule has 0 saturated heterocycles. The van der Waals surface area contributed by atoms with Crippen molar-refractivity contribution in [3.63, 3.8) is 0 Å². The van der Waals surface area contributed by atoms with Gasteiger partial charge in [-0.25, -0.2) is 0 Å². The van der Waals surface area contributed by atoms with Gasteiger partial charge in [-0.3, -0.25) is 0 Å². The third-order valence-electron chi connectivity index (χ3n) is 7.77. The molecule has 0 fully saturated rings. The van der Waals surface area contributed by atoms with Gasteiger partial charge in [-0.2, -0.15) is 0 Å². The molecule has 0 saturated carbocycles. The van der Waals surface area contributed by atoms with Crippen molar-refractivity contribution < 1.29 is 0 Å².